The van der Waals surface area contributed by atoms with Crippen molar-refractivity contribution >= 4 is 18.0 Å². The largest absolute Gasteiger partial charge is 0.480 e. The van der Waals surface area contributed by atoms with Crippen LogP contribution in [0.1, 0.15) is 42.7 Å². The molecule has 2 atom stereocenters. The zero-order valence-corrected chi connectivity index (χ0v) is 19.0. The molecule has 2 aromatic carbocycles. The van der Waals surface area contributed by atoms with E-state index in [1.54, 1.807) is 0 Å². The predicted octanol–water partition coefficient (Wildman–Crippen LogP) is 2.99. The van der Waals surface area contributed by atoms with Crippen LogP contribution in [0, 0.1) is 5.92 Å². The molecule has 34 heavy (non-hydrogen) atoms. The van der Waals surface area contributed by atoms with Crippen molar-refractivity contribution in [1.82, 2.24) is 10.2 Å². The van der Waals surface area contributed by atoms with Crippen molar-refractivity contribution in [2.24, 2.45) is 5.92 Å². The van der Waals surface area contributed by atoms with Gasteiger partial charge in [-0.05, 0) is 47.4 Å². The van der Waals surface area contributed by atoms with Gasteiger partial charge < -0.3 is 25.2 Å². The summed E-state index contributed by atoms with van der Waals surface area (Å²) in [5.41, 5.74) is 4.66. The van der Waals surface area contributed by atoms with Gasteiger partial charge in [0.25, 0.3) is 0 Å². The Labute approximate surface area is 198 Å². The number of carbonyl (C=O) groups is 3. The Kier molecular flexibility index (Phi) is 7.47. The second kappa shape index (κ2) is 10.7. The summed E-state index contributed by atoms with van der Waals surface area (Å²) in [6.45, 7) is -0.456. The number of aliphatic hydroxyl groups is 1. The van der Waals surface area contributed by atoms with E-state index in [2.05, 4.69) is 29.6 Å². The monoisotopic (exact) mass is 466 g/mol. The average molecular weight is 467 g/mol. The van der Waals surface area contributed by atoms with Crippen LogP contribution in [-0.4, -0.2) is 65.4 Å². The van der Waals surface area contributed by atoms with Crippen LogP contribution in [-0.2, 0) is 14.3 Å². The van der Waals surface area contributed by atoms with Crippen LogP contribution in [0.2, 0.25) is 0 Å². The van der Waals surface area contributed by atoms with Crippen molar-refractivity contribution in [2.75, 3.05) is 26.3 Å². The molecule has 180 valence electrons. The normalized spacial score (nSPS) is 18.7. The lowest BCUT2D eigenvalue weighted by molar-refractivity contribution is -0.145. The Morgan fingerprint density at radius 3 is 2.26 bits per heavy atom. The smallest absolute Gasteiger partial charge is 0.407 e. The van der Waals surface area contributed by atoms with Crippen LogP contribution in [0.4, 0.5) is 4.79 Å². The molecular formula is C26H30N2O6. The second-order valence-corrected chi connectivity index (χ2v) is 8.98. The van der Waals surface area contributed by atoms with Crippen molar-refractivity contribution in [2.45, 2.75) is 37.6 Å². The van der Waals surface area contributed by atoms with Crippen LogP contribution in [0.5, 0.6) is 0 Å². The second-order valence-electron chi connectivity index (χ2n) is 8.98. The molecular weight excluding hydrogens is 436 g/mol. The molecule has 1 fully saturated rings. The first-order valence-corrected chi connectivity index (χ1v) is 11.7. The minimum atomic E-state index is -1.11. The van der Waals surface area contributed by atoms with Gasteiger partial charge in [-0.1, -0.05) is 48.5 Å². The number of nitrogens with zero attached hydrogens (tertiary/aromatic N) is 1. The maximum Gasteiger partial charge on any atom is 0.407 e. The molecule has 0 spiro atoms. The third kappa shape index (κ3) is 5.39. The van der Waals surface area contributed by atoms with E-state index in [-0.39, 0.29) is 50.0 Å². The Morgan fingerprint density at radius 1 is 1.00 bits per heavy atom. The molecule has 2 aliphatic rings. The molecule has 0 aliphatic heterocycles. The number of aliphatic hydroxyl groups excluding tert-OH is 1. The Balaban J connectivity index is 1.27. The number of aliphatic carboxylic acids is 1. The zero-order chi connectivity index (χ0) is 24.1. The summed E-state index contributed by atoms with van der Waals surface area (Å²) in [6.07, 6.45) is 1.87. The maximum atomic E-state index is 12.5. The number of carboxylic acids is 1. The number of nitrogens with one attached hydrogen (secondary N) is 1. The van der Waals surface area contributed by atoms with Gasteiger partial charge >= 0.3 is 12.1 Å². The number of benzene rings is 2. The number of hydrogen-bond donors (Lipinski definition) is 3. The summed E-state index contributed by atoms with van der Waals surface area (Å²) >= 11 is 0. The third-order valence-corrected chi connectivity index (χ3v) is 6.72. The number of ether oxygens (including phenoxy) is 1. The van der Waals surface area contributed by atoms with Crippen molar-refractivity contribution in [1.29, 1.82) is 0 Å². The molecule has 3 N–H and O–H groups in total. The van der Waals surface area contributed by atoms with Crippen molar-refractivity contribution < 1.29 is 29.3 Å². The maximum absolute atomic E-state index is 12.5. The predicted molar refractivity (Wildman–Crippen MR) is 125 cm³/mol. The van der Waals surface area contributed by atoms with Crippen molar-refractivity contribution in [3.63, 3.8) is 0 Å². The summed E-state index contributed by atoms with van der Waals surface area (Å²) in [5.74, 6) is -1.34. The van der Waals surface area contributed by atoms with E-state index in [4.69, 9.17) is 14.9 Å². The van der Waals surface area contributed by atoms with Gasteiger partial charge in [-0.15, -0.1) is 0 Å². The minimum Gasteiger partial charge on any atom is -0.480 e. The molecule has 2 aromatic rings. The van der Waals surface area contributed by atoms with Crippen LogP contribution in [0.3, 0.4) is 0 Å². The van der Waals surface area contributed by atoms with Gasteiger partial charge in [-0.2, -0.15) is 0 Å². The number of alkyl carbamates (subject to hydrolysis) is 1. The fourth-order valence-electron chi connectivity index (χ4n) is 5.15. The highest BCUT2D eigenvalue weighted by molar-refractivity contribution is 5.81. The van der Waals surface area contributed by atoms with Gasteiger partial charge in [0.05, 0.1) is 6.61 Å². The number of amides is 2. The number of rotatable bonds is 9. The standard InChI is InChI=1S/C26H30N2O6/c29-12-11-28(15-25(31)32)24(30)14-17-9-10-18(13-17)27-26(33)34-16-23-21-7-3-1-5-19(21)20-6-2-4-8-22(20)23/h1-8,17-18,23,29H,9-16H2,(H,27,33)(H,31,32)/t17-,18+/m1/s1. The van der Waals surface area contributed by atoms with Gasteiger partial charge in [0.15, 0.2) is 0 Å². The number of fused-ring (bicyclic) bond motifs is 3. The van der Waals surface area contributed by atoms with Gasteiger partial charge in [-0.25, -0.2) is 4.79 Å². The van der Waals surface area contributed by atoms with Crippen LogP contribution in [0.15, 0.2) is 48.5 Å². The molecule has 0 radical (unpaired) electrons. The lowest BCUT2D eigenvalue weighted by Crippen LogP contribution is -2.38. The summed E-state index contributed by atoms with van der Waals surface area (Å²) < 4.78 is 5.61. The van der Waals surface area contributed by atoms with Gasteiger partial charge in [0.2, 0.25) is 5.91 Å². The Bertz CT molecular complexity index is 1010. The van der Waals surface area contributed by atoms with E-state index in [0.29, 0.717) is 6.42 Å². The SMILES string of the molecule is O=C(O)CN(CCO)C(=O)C[C@@H]1CC[C@H](NC(=O)OCC2c3ccccc3-c3ccccc32)C1. The lowest BCUT2D eigenvalue weighted by atomic mass is 9.98. The molecule has 8 heteroatoms. The van der Waals surface area contributed by atoms with E-state index in [9.17, 15) is 14.4 Å². The molecule has 0 saturated heterocycles. The van der Waals surface area contributed by atoms with E-state index in [0.717, 1.165) is 28.9 Å². The molecule has 0 heterocycles. The quantitative estimate of drug-likeness (QED) is 0.523. The highest BCUT2D eigenvalue weighted by Gasteiger charge is 2.31. The molecule has 0 aromatic heterocycles. The highest BCUT2D eigenvalue weighted by atomic mass is 16.5. The van der Waals surface area contributed by atoms with Crippen LogP contribution < -0.4 is 5.32 Å². The molecule has 4 rings (SSSR count). The fourth-order valence-corrected chi connectivity index (χ4v) is 5.15. The van der Waals surface area contributed by atoms with Crippen molar-refractivity contribution in [3.8, 4) is 11.1 Å². The van der Waals surface area contributed by atoms with Gasteiger partial charge in [-0.3, -0.25) is 9.59 Å². The summed E-state index contributed by atoms with van der Waals surface area (Å²) in [7, 11) is 0. The van der Waals surface area contributed by atoms with E-state index >= 15 is 0 Å². The summed E-state index contributed by atoms with van der Waals surface area (Å²) in [5, 5.41) is 21.0. The number of hydrogen-bond acceptors (Lipinski definition) is 5. The van der Waals surface area contributed by atoms with Crippen LogP contribution >= 0.6 is 0 Å². The molecule has 8 nitrogen and oxygen atoms in total. The zero-order valence-electron chi connectivity index (χ0n) is 19.0. The first-order chi connectivity index (χ1) is 16.5. The van der Waals surface area contributed by atoms with Gasteiger partial charge in [0.1, 0.15) is 13.2 Å². The average Bonchev–Trinajstić information content (AvgIpc) is 3.39. The fraction of sp³-hybridized carbons (Fsp3) is 0.423. The summed E-state index contributed by atoms with van der Waals surface area (Å²) in [6, 6.07) is 16.3. The number of carbonyl (C=O) groups excluding carboxylic acids is 2. The van der Waals surface area contributed by atoms with E-state index in [1.807, 2.05) is 24.3 Å². The molecule has 1 saturated carbocycles. The molecule has 2 aliphatic carbocycles. The first-order valence-electron chi connectivity index (χ1n) is 11.7. The van der Waals surface area contributed by atoms with E-state index in [1.165, 1.54) is 11.1 Å². The topological polar surface area (TPSA) is 116 Å². The minimum absolute atomic E-state index is 0.000713. The first kappa shape index (κ1) is 23.8. The highest BCUT2D eigenvalue weighted by Crippen LogP contribution is 2.44. The summed E-state index contributed by atoms with van der Waals surface area (Å²) in [4.78, 5) is 37.1. The van der Waals surface area contributed by atoms with Crippen molar-refractivity contribution in [3.05, 3.63) is 59.7 Å². The Morgan fingerprint density at radius 2 is 1.65 bits per heavy atom. The van der Waals surface area contributed by atoms with E-state index < -0.39 is 18.6 Å². The lowest BCUT2D eigenvalue weighted by Gasteiger charge is -2.21. The van der Waals surface area contributed by atoms with Crippen LogP contribution in [0.25, 0.3) is 11.1 Å². The molecule has 2 amide bonds. The molecule has 0 unspecified atom stereocenters. The third-order valence-electron chi connectivity index (χ3n) is 6.72. The Hall–Kier alpha value is -3.39. The molecule has 0 bridgehead atoms. The van der Waals surface area contributed by atoms with Gasteiger partial charge in [0, 0.05) is 24.9 Å². The number of carboxylic acid groups (broad SMARTS) is 1.